The summed E-state index contributed by atoms with van der Waals surface area (Å²) in [5.74, 6) is -1.18. The Morgan fingerprint density at radius 1 is 1.25 bits per heavy atom. The first kappa shape index (κ1) is 21.0. The molecule has 0 radical (unpaired) electrons. The van der Waals surface area contributed by atoms with Gasteiger partial charge in [0.1, 0.15) is 0 Å². The zero-order chi connectivity index (χ0) is 20.2. The Kier molecular flexibility index (Phi) is 6.55. The van der Waals surface area contributed by atoms with Gasteiger partial charge in [-0.15, -0.1) is 0 Å². The summed E-state index contributed by atoms with van der Waals surface area (Å²) < 4.78 is 12.8. The molecule has 3 rings (SSSR count). The van der Waals surface area contributed by atoms with E-state index in [0.717, 1.165) is 24.3 Å². The van der Waals surface area contributed by atoms with Gasteiger partial charge in [0.05, 0.1) is 12.9 Å². The maximum Gasteiger partial charge on any atom is 0.320 e. The van der Waals surface area contributed by atoms with Crippen LogP contribution in [-0.2, 0) is 15.9 Å². The Morgan fingerprint density at radius 3 is 2.61 bits per heavy atom. The Bertz CT molecular complexity index is 770. The fourth-order valence-electron chi connectivity index (χ4n) is 3.95. The fraction of sp³-hybridized carbons (Fsp3) is 0.579. The minimum atomic E-state index is -3.79. The molecular formula is C19H29N4O4P. The van der Waals surface area contributed by atoms with E-state index in [-0.39, 0.29) is 19.1 Å². The van der Waals surface area contributed by atoms with Gasteiger partial charge in [0, 0.05) is 38.0 Å². The van der Waals surface area contributed by atoms with Crippen LogP contribution in [0.5, 0.6) is 0 Å². The van der Waals surface area contributed by atoms with E-state index >= 15 is 0 Å². The van der Waals surface area contributed by atoms with Gasteiger partial charge in [0.2, 0.25) is 7.37 Å². The molecule has 2 unspecified atom stereocenters. The van der Waals surface area contributed by atoms with Gasteiger partial charge < -0.3 is 20.6 Å². The van der Waals surface area contributed by atoms with Gasteiger partial charge in [-0.2, -0.15) is 0 Å². The standard InChI is InChI=1S/C19H29N4O4P/c20-8-2-1-7-19(18(24)25)14-22(11-12-28(19,26)27)13-16-3-5-17(6-4-16)23-10-9-21-15-23/h3-6,15H,1-2,7-14,20H2,(H,24,25)(H,26,27). The lowest BCUT2D eigenvalue weighted by atomic mass is 9.99. The molecule has 2 aliphatic rings. The van der Waals surface area contributed by atoms with Crippen molar-refractivity contribution in [1.82, 2.24) is 4.90 Å². The van der Waals surface area contributed by atoms with Crippen LogP contribution in [0.25, 0.3) is 0 Å². The molecular weight excluding hydrogens is 379 g/mol. The lowest BCUT2D eigenvalue weighted by Crippen LogP contribution is -2.53. The van der Waals surface area contributed by atoms with Gasteiger partial charge in [0.15, 0.2) is 5.16 Å². The number of unbranched alkanes of at least 4 members (excludes halogenated alkanes) is 1. The molecule has 2 aliphatic heterocycles. The summed E-state index contributed by atoms with van der Waals surface area (Å²) in [6.45, 7) is 3.18. The molecule has 1 aromatic rings. The molecule has 0 bridgehead atoms. The van der Waals surface area contributed by atoms with Crippen molar-refractivity contribution < 1.29 is 19.4 Å². The van der Waals surface area contributed by atoms with Gasteiger partial charge >= 0.3 is 5.97 Å². The van der Waals surface area contributed by atoms with Crippen molar-refractivity contribution in [2.45, 2.75) is 31.0 Å². The number of rotatable bonds is 8. The summed E-state index contributed by atoms with van der Waals surface area (Å²) in [5, 5.41) is 8.25. The van der Waals surface area contributed by atoms with Crippen molar-refractivity contribution in [1.29, 1.82) is 0 Å². The number of hydrogen-bond donors (Lipinski definition) is 3. The Balaban J connectivity index is 1.71. The van der Waals surface area contributed by atoms with E-state index in [2.05, 4.69) is 9.89 Å². The van der Waals surface area contributed by atoms with E-state index in [1.165, 1.54) is 0 Å². The first-order chi connectivity index (χ1) is 13.4. The minimum absolute atomic E-state index is 0.00422. The van der Waals surface area contributed by atoms with Crippen LogP contribution in [0.15, 0.2) is 29.3 Å². The summed E-state index contributed by atoms with van der Waals surface area (Å²) in [7, 11) is -3.79. The van der Waals surface area contributed by atoms with E-state index in [0.29, 0.717) is 32.5 Å². The number of hydrogen-bond acceptors (Lipinski definition) is 6. The summed E-state index contributed by atoms with van der Waals surface area (Å²) >= 11 is 0. The summed E-state index contributed by atoms with van der Waals surface area (Å²) in [5.41, 5.74) is 7.64. The summed E-state index contributed by atoms with van der Waals surface area (Å²) in [4.78, 5) is 30.8. The van der Waals surface area contributed by atoms with Gasteiger partial charge in [-0.25, -0.2) is 0 Å². The van der Waals surface area contributed by atoms with Gasteiger partial charge in [-0.05, 0) is 37.1 Å². The maximum atomic E-state index is 12.8. The predicted molar refractivity (Wildman–Crippen MR) is 110 cm³/mol. The molecule has 28 heavy (non-hydrogen) atoms. The number of carbonyl (C=O) groups is 1. The minimum Gasteiger partial charge on any atom is -0.480 e. The van der Waals surface area contributed by atoms with Crippen molar-refractivity contribution in [3.05, 3.63) is 29.8 Å². The van der Waals surface area contributed by atoms with E-state index in [1.807, 2.05) is 35.5 Å². The Hall–Kier alpha value is -1.73. The topological polar surface area (TPSA) is 119 Å². The SMILES string of the molecule is NCCCCC1(C(=O)O)CN(Cc2ccc(N3C=NCC3)cc2)CCP1(=O)O. The second kappa shape index (κ2) is 8.74. The highest BCUT2D eigenvalue weighted by Crippen LogP contribution is 2.59. The molecule has 4 N–H and O–H groups in total. The second-order valence-corrected chi connectivity index (χ2v) is 10.3. The molecule has 0 saturated carbocycles. The molecule has 2 heterocycles. The van der Waals surface area contributed by atoms with Crippen molar-refractivity contribution in [3.8, 4) is 0 Å². The van der Waals surface area contributed by atoms with Crippen LogP contribution in [0.3, 0.4) is 0 Å². The number of nitrogens with zero attached hydrogens (tertiary/aromatic N) is 3. The Morgan fingerprint density at radius 2 is 2.00 bits per heavy atom. The normalized spacial score (nSPS) is 28.0. The number of aliphatic carboxylic acids is 1. The largest absolute Gasteiger partial charge is 0.480 e. The average Bonchev–Trinajstić information content (AvgIpc) is 3.19. The molecule has 154 valence electrons. The third-order valence-corrected chi connectivity index (χ3v) is 8.38. The van der Waals surface area contributed by atoms with Crippen LogP contribution in [-0.4, -0.2) is 71.2 Å². The number of carboxylic acid groups (broad SMARTS) is 1. The monoisotopic (exact) mass is 408 g/mol. The molecule has 8 nitrogen and oxygen atoms in total. The molecule has 1 saturated heterocycles. The van der Waals surface area contributed by atoms with Crippen molar-refractivity contribution in [2.75, 3.05) is 43.8 Å². The molecule has 9 heteroatoms. The van der Waals surface area contributed by atoms with Crippen LogP contribution in [0.1, 0.15) is 24.8 Å². The number of anilines is 1. The van der Waals surface area contributed by atoms with Crippen LogP contribution in [0, 0.1) is 0 Å². The summed E-state index contributed by atoms with van der Waals surface area (Å²) in [6, 6.07) is 8.09. The van der Waals surface area contributed by atoms with Gasteiger partial charge in [-0.3, -0.25) is 19.3 Å². The van der Waals surface area contributed by atoms with E-state index in [4.69, 9.17) is 5.73 Å². The number of carboxylic acids is 1. The van der Waals surface area contributed by atoms with Crippen molar-refractivity contribution in [3.63, 3.8) is 0 Å². The van der Waals surface area contributed by atoms with Crippen LogP contribution in [0.4, 0.5) is 5.69 Å². The quantitative estimate of drug-likeness (QED) is 0.441. The molecule has 1 fully saturated rings. The molecule has 1 aromatic carbocycles. The highest BCUT2D eigenvalue weighted by Gasteiger charge is 2.56. The van der Waals surface area contributed by atoms with E-state index in [9.17, 15) is 19.4 Å². The van der Waals surface area contributed by atoms with Crippen molar-refractivity contribution >= 4 is 25.4 Å². The smallest absolute Gasteiger partial charge is 0.320 e. The number of aliphatic imine (C=N–C) groups is 1. The maximum absolute atomic E-state index is 12.8. The third-order valence-electron chi connectivity index (χ3n) is 5.68. The van der Waals surface area contributed by atoms with Crippen molar-refractivity contribution in [2.24, 2.45) is 10.7 Å². The van der Waals surface area contributed by atoms with Crippen LogP contribution in [0.2, 0.25) is 0 Å². The lowest BCUT2D eigenvalue weighted by molar-refractivity contribution is -0.141. The molecule has 0 amide bonds. The highest BCUT2D eigenvalue weighted by molar-refractivity contribution is 7.61. The summed E-state index contributed by atoms with van der Waals surface area (Å²) in [6.07, 6.45) is 3.20. The predicted octanol–water partition coefficient (Wildman–Crippen LogP) is 1.57. The third kappa shape index (κ3) is 4.30. The first-order valence-electron chi connectivity index (χ1n) is 9.71. The molecule has 0 aliphatic carbocycles. The van der Waals surface area contributed by atoms with Crippen LogP contribution >= 0.6 is 7.37 Å². The lowest BCUT2D eigenvalue weighted by Gasteiger charge is -2.43. The average molecular weight is 408 g/mol. The van der Waals surface area contributed by atoms with Gasteiger partial charge in [-0.1, -0.05) is 18.6 Å². The molecule has 0 spiro atoms. The van der Waals surface area contributed by atoms with Gasteiger partial charge in [0.25, 0.3) is 0 Å². The zero-order valence-electron chi connectivity index (χ0n) is 16.0. The fourth-order valence-corrected chi connectivity index (χ4v) is 6.16. The number of benzene rings is 1. The zero-order valence-corrected chi connectivity index (χ0v) is 16.9. The first-order valence-corrected chi connectivity index (χ1v) is 11.6. The number of nitrogens with two attached hydrogens (primary N) is 1. The highest BCUT2D eigenvalue weighted by atomic mass is 31.2. The van der Waals surface area contributed by atoms with Crippen LogP contribution < -0.4 is 10.6 Å². The van der Waals surface area contributed by atoms with E-state index in [1.54, 1.807) is 0 Å². The molecule has 2 atom stereocenters. The Labute approximate surface area is 165 Å². The van der Waals surface area contributed by atoms with E-state index < -0.39 is 18.5 Å². The molecule has 0 aromatic heterocycles. The second-order valence-electron chi connectivity index (χ2n) is 7.60.